The molecular formula is C16H17NO3. The van der Waals surface area contributed by atoms with Crippen LogP contribution in [0.3, 0.4) is 0 Å². The summed E-state index contributed by atoms with van der Waals surface area (Å²) in [6.07, 6.45) is 0. The Bertz CT molecular complexity index is 601. The number of nitrogens with one attached hydrogen (secondary N) is 1. The van der Waals surface area contributed by atoms with Crippen molar-refractivity contribution in [1.29, 1.82) is 0 Å². The Labute approximate surface area is 118 Å². The van der Waals surface area contributed by atoms with Crippen molar-refractivity contribution in [2.75, 3.05) is 19.5 Å². The van der Waals surface area contributed by atoms with Crippen LogP contribution in [0.15, 0.2) is 42.5 Å². The van der Waals surface area contributed by atoms with Crippen molar-refractivity contribution in [3.8, 4) is 11.5 Å². The molecule has 1 N–H and O–H groups in total. The second kappa shape index (κ2) is 6.10. The van der Waals surface area contributed by atoms with Crippen molar-refractivity contribution >= 4 is 11.6 Å². The van der Waals surface area contributed by atoms with E-state index in [1.807, 2.05) is 31.2 Å². The lowest BCUT2D eigenvalue weighted by Crippen LogP contribution is -2.13. The minimum atomic E-state index is -0.198. The number of methoxy groups -OCH3 is 2. The number of carbonyl (C=O) groups is 1. The van der Waals surface area contributed by atoms with Crippen LogP contribution in [0.4, 0.5) is 5.69 Å². The maximum Gasteiger partial charge on any atom is 0.255 e. The van der Waals surface area contributed by atoms with Gasteiger partial charge in [-0.1, -0.05) is 18.2 Å². The van der Waals surface area contributed by atoms with Crippen molar-refractivity contribution in [2.24, 2.45) is 0 Å². The average molecular weight is 271 g/mol. The highest BCUT2D eigenvalue weighted by Crippen LogP contribution is 2.23. The van der Waals surface area contributed by atoms with Gasteiger partial charge in [-0.05, 0) is 30.7 Å². The fraction of sp³-hybridized carbons (Fsp3) is 0.188. The smallest absolute Gasteiger partial charge is 0.255 e. The zero-order valence-corrected chi connectivity index (χ0v) is 11.8. The highest BCUT2D eigenvalue weighted by Gasteiger charge is 2.11. The largest absolute Gasteiger partial charge is 0.497 e. The number of aryl methyl sites for hydroxylation is 1. The standard InChI is InChI=1S/C16H17NO3/c1-11-6-4-5-7-15(11)17-16(18)12-8-13(19-2)10-14(9-12)20-3/h4-10H,1-3H3,(H,17,18). The molecule has 0 bridgehead atoms. The molecule has 0 aliphatic heterocycles. The van der Waals surface area contributed by atoms with Crippen LogP contribution in [-0.2, 0) is 0 Å². The van der Waals surface area contributed by atoms with Gasteiger partial charge in [-0.3, -0.25) is 4.79 Å². The normalized spacial score (nSPS) is 9.95. The number of rotatable bonds is 4. The molecule has 0 atom stereocenters. The molecule has 4 nitrogen and oxygen atoms in total. The van der Waals surface area contributed by atoms with Crippen LogP contribution in [0, 0.1) is 6.92 Å². The average Bonchev–Trinajstić information content (AvgIpc) is 2.48. The van der Waals surface area contributed by atoms with Crippen molar-refractivity contribution in [3.63, 3.8) is 0 Å². The molecule has 20 heavy (non-hydrogen) atoms. The lowest BCUT2D eigenvalue weighted by molar-refractivity contribution is 0.102. The van der Waals surface area contributed by atoms with Gasteiger partial charge in [0.1, 0.15) is 11.5 Å². The summed E-state index contributed by atoms with van der Waals surface area (Å²) in [7, 11) is 3.11. The van der Waals surface area contributed by atoms with Gasteiger partial charge in [-0.2, -0.15) is 0 Å². The molecule has 2 aromatic carbocycles. The second-order valence-corrected chi connectivity index (χ2v) is 4.37. The predicted molar refractivity (Wildman–Crippen MR) is 78.7 cm³/mol. The Morgan fingerprint density at radius 1 is 1.00 bits per heavy atom. The molecule has 4 heteroatoms. The Kier molecular flexibility index (Phi) is 4.25. The molecule has 0 aliphatic carbocycles. The molecule has 0 aliphatic rings. The van der Waals surface area contributed by atoms with Crippen LogP contribution in [0.1, 0.15) is 15.9 Å². The molecule has 0 spiro atoms. The molecule has 2 rings (SSSR count). The van der Waals surface area contributed by atoms with Gasteiger partial charge in [0.25, 0.3) is 5.91 Å². The van der Waals surface area contributed by atoms with E-state index in [1.54, 1.807) is 32.4 Å². The van der Waals surface area contributed by atoms with Gasteiger partial charge in [0, 0.05) is 17.3 Å². The molecule has 1 amide bonds. The van der Waals surface area contributed by atoms with Crippen LogP contribution in [0.5, 0.6) is 11.5 Å². The van der Waals surface area contributed by atoms with Gasteiger partial charge >= 0.3 is 0 Å². The van der Waals surface area contributed by atoms with Crippen LogP contribution >= 0.6 is 0 Å². The maximum atomic E-state index is 12.3. The third-order valence-corrected chi connectivity index (χ3v) is 3.01. The van der Waals surface area contributed by atoms with Crippen molar-refractivity contribution in [3.05, 3.63) is 53.6 Å². The molecule has 0 saturated carbocycles. The SMILES string of the molecule is COc1cc(OC)cc(C(=O)Nc2ccccc2C)c1. The molecular weight excluding hydrogens is 254 g/mol. The summed E-state index contributed by atoms with van der Waals surface area (Å²) < 4.78 is 10.3. The number of anilines is 1. The Balaban J connectivity index is 2.27. The highest BCUT2D eigenvalue weighted by molar-refractivity contribution is 6.05. The van der Waals surface area contributed by atoms with Gasteiger partial charge in [-0.15, -0.1) is 0 Å². The quantitative estimate of drug-likeness (QED) is 0.928. The van der Waals surface area contributed by atoms with Gasteiger partial charge in [0.2, 0.25) is 0 Å². The number of hydrogen-bond donors (Lipinski definition) is 1. The van der Waals surface area contributed by atoms with Crippen molar-refractivity contribution in [1.82, 2.24) is 0 Å². The monoisotopic (exact) mass is 271 g/mol. The molecule has 0 aromatic heterocycles. The van der Waals surface area contributed by atoms with E-state index in [9.17, 15) is 4.79 Å². The minimum absolute atomic E-state index is 0.198. The topological polar surface area (TPSA) is 47.6 Å². The molecule has 0 saturated heterocycles. The number of hydrogen-bond acceptors (Lipinski definition) is 3. The predicted octanol–water partition coefficient (Wildman–Crippen LogP) is 3.26. The first-order valence-electron chi connectivity index (χ1n) is 6.24. The summed E-state index contributed by atoms with van der Waals surface area (Å²) >= 11 is 0. The van der Waals surface area contributed by atoms with Crippen LogP contribution in [-0.4, -0.2) is 20.1 Å². The summed E-state index contributed by atoms with van der Waals surface area (Å²) in [4.78, 5) is 12.3. The maximum absolute atomic E-state index is 12.3. The van der Waals surface area contributed by atoms with Crippen molar-refractivity contribution < 1.29 is 14.3 Å². The van der Waals surface area contributed by atoms with E-state index >= 15 is 0 Å². The van der Waals surface area contributed by atoms with E-state index in [1.165, 1.54) is 0 Å². The minimum Gasteiger partial charge on any atom is -0.497 e. The number of ether oxygens (including phenoxy) is 2. The third-order valence-electron chi connectivity index (χ3n) is 3.01. The second-order valence-electron chi connectivity index (χ2n) is 4.37. The summed E-state index contributed by atoms with van der Waals surface area (Å²) in [6, 6.07) is 12.7. The summed E-state index contributed by atoms with van der Waals surface area (Å²) in [5, 5.41) is 2.88. The third kappa shape index (κ3) is 3.09. The van der Waals surface area contributed by atoms with Crippen LogP contribution in [0.2, 0.25) is 0 Å². The Morgan fingerprint density at radius 3 is 2.15 bits per heavy atom. The zero-order chi connectivity index (χ0) is 14.5. The fourth-order valence-electron chi connectivity index (χ4n) is 1.85. The van der Waals surface area contributed by atoms with Gasteiger partial charge < -0.3 is 14.8 Å². The zero-order valence-electron chi connectivity index (χ0n) is 11.8. The van der Waals surface area contributed by atoms with E-state index in [0.29, 0.717) is 17.1 Å². The molecule has 0 radical (unpaired) electrons. The van der Waals surface area contributed by atoms with Crippen LogP contribution in [0.25, 0.3) is 0 Å². The number of carbonyl (C=O) groups excluding carboxylic acids is 1. The summed E-state index contributed by atoms with van der Waals surface area (Å²) in [5.74, 6) is 0.968. The van der Waals surface area contributed by atoms with Crippen molar-refractivity contribution in [2.45, 2.75) is 6.92 Å². The lowest BCUT2D eigenvalue weighted by atomic mass is 10.1. The lowest BCUT2D eigenvalue weighted by Gasteiger charge is -2.10. The van der Waals surface area contributed by atoms with Gasteiger partial charge in [0.05, 0.1) is 14.2 Å². The summed E-state index contributed by atoms with van der Waals surface area (Å²) in [6.45, 7) is 1.95. The first kappa shape index (κ1) is 13.9. The number of para-hydroxylation sites is 1. The molecule has 0 unspecified atom stereocenters. The molecule has 104 valence electrons. The Morgan fingerprint density at radius 2 is 1.60 bits per heavy atom. The number of amides is 1. The number of benzene rings is 2. The molecule has 0 fully saturated rings. The van der Waals surface area contributed by atoms with E-state index in [0.717, 1.165) is 11.3 Å². The Hall–Kier alpha value is -2.49. The summed E-state index contributed by atoms with van der Waals surface area (Å²) in [5.41, 5.74) is 2.29. The molecule has 2 aromatic rings. The van der Waals surface area contributed by atoms with Gasteiger partial charge in [-0.25, -0.2) is 0 Å². The highest BCUT2D eigenvalue weighted by atomic mass is 16.5. The first-order chi connectivity index (χ1) is 9.63. The van der Waals surface area contributed by atoms with E-state index in [-0.39, 0.29) is 5.91 Å². The fourth-order valence-corrected chi connectivity index (χ4v) is 1.85. The van der Waals surface area contributed by atoms with E-state index in [2.05, 4.69) is 5.32 Å². The van der Waals surface area contributed by atoms with Crippen LogP contribution < -0.4 is 14.8 Å². The van der Waals surface area contributed by atoms with E-state index < -0.39 is 0 Å². The van der Waals surface area contributed by atoms with Gasteiger partial charge in [0.15, 0.2) is 0 Å². The first-order valence-corrected chi connectivity index (χ1v) is 6.24. The molecule has 0 heterocycles. The van der Waals surface area contributed by atoms with E-state index in [4.69, 9.17) is 9.47 Å².